The first-order valence-corrected chi connectivity index (χ1v) is 7.25. The summed E-state index contributed by atoms with van der Waals surface area (Å²) in [5.41, 5.74) is 6.98. The third-order valence-electron chi connectivity index (χ3n) is 3.55. The summed E-state index contributed by atoms with van der Waals surface area (Å²) >= 11 is 1.35. The van der Waals surface area contributed by atoms with E-state index in [0.29, 0.717) is 16.1 Å². The monoisotopic (exact) mass is 277 g/mol. The predicted octanol–water partition coefficient (Wildman–Crippen LogP) is 3.03. The molecular weight excluding hydrogens is 258 g/mol. The van der Waals surface area contributed by atoms with Crippen LogP contribution in [-0.4, -0.2) is 18.9 Å². The molecule has 0 radical (unpaired) electrons. The molecule has 2 N–H and O–H groups in total. The summed E-state index contributed by atoms with van der Waals surface area (Å²) < 4.78 is 0. The Morgan fingerprint density at radius 2 is 2.21 bits per heavy atom. The summed E-state index contributed by atoms with van der Waals surface area (Å²) in [5, 5.41) is 10.2. The van der Waals surface area contributed by atoms with E-state index in [1.165, 1.54) is 24.7 Å². The van der Waals surface area contributed by atoms with Crippen molar-refractivity contribution in [3.63, 3.8) is 0 Å². The van der Waals surface area contributed by atoms with Crippen molar-refractivity contribution in [3.8, 4) is 6.07 Å². The number of nitriles is 1. The molecule has 4 nitrogen and oxygen atoms in total. The fourth-order valence-corrected chi connectivity index (χ4v) is 3.71. The van der Waals surface area contributed by atoms with Crippen molar-refractivity contribution < 1.29 is 4.79 Å². The number of piperidine rings is 1. The Balaban J connectivity index is 2.42. The van der Waals surface area contributed by atoms with Crippen molar-refractivity contribution in [2.45, 2.75) is 33.6 Å². The van der Waals surface area contributed by atoms with Gasteiger partial charge in [0.25, 0.3) is 0 Å². The van der Waals surface area contributed by atoms with E-state index in [9.17, 15) is 10.1 Å². The first-order valence-electron chi connectivity index (χ1n) is 6.44. The molecule has 19 heavy (non-hydrogen) atoms. The Labute approximate surface area is 117 Å². The number of nitrogens with two attached hydrogens (primary N) is 1. The number of thiophene rings is 1. The van der Waals surface area contributed by atoms with Crippen LogP contribution < -0.4 is 10.6 Å². The van der Waals surface area contributed by atoms with Gasteiger partial charge in [0.2, 0.25) is 0 Å². The molecule has 1 saturated heterocycles. The molecule has 2 heterocycles. The second-order valence-electron chi connectivity index (χ2n) is 5.88. The predicted molar refractivity (Wildman–Crippen MR) is 78.7 cm³/mol. The van der Waals surface area contributed by atoms with E-state index in [0.717, 1.165) is 24.5 Å². The lowest BCUT2D eigenvalue weighted by Gasteiger charge is -2.38. The molecule has 0 atom stereocenters. The lowest BCUT2D eigenvalue weighted by molar-refractivity contribution is 0.102. The lowest BCUT2D eigenvalue weighted by atomic mass is 9.84. The summed E-state index contributed by atoms with van der Waals surface area (Å²) in [6.07, 6.45) is 2.29. The zero-order valence-electron chi connectivity index (χ0n) is 11.6. The molecule has 0 amide bonds. The average Bonchev–Trinajstić information content (AvgIpc) is 2.65. The van der Waals surface area contributed by atoms with Gasteiger partial charge in [0.15, 0.2) is 5.78 Å². The first-order chi connectivity index (χ1) is 8.85. The van der Waals surface area contributed by atoms with Crippen LogP contribution in [0.3, 0.4) is 0 Å². The molecule has 1 aliphatic heterocycles. The number of anilines is 2. The molecule has 1 aromatic rings. The van der Waals surface area contributed by atoms with Gasteiger partial charge in [-0.1, -0.05) is 13.8 Å². The number of hydrogen-bond acceptors (Lipinski definition) is 5. The van der Waals surface area contributed by atoms with E-state index < -0.39 is 0 Å². The van der Waals surface area contributed by atoms with Crippen LogP contribution in [-0.2, 0) is 0 Å². The minimum atomic E-state index is -0.0680. The highest BCUT2D eigenvalue weighted by Crippen LogP contribution is 2.41. The van der Waals surface area contributed by atoms with Crippen LogP contribution in [0, 0.1) is 16.7 Å². The highest BCUT2D eigenvalue weighted by atomic mass is 32.1. The van der Waals surface area contributed by atoms with Gasteiger partial charge in [-0.3, -0.25) is 4.79 Å². The van der Waals surface area contributed by atoms with E-state index in [1.54, 1.807) is 0 Å². The van der Waals surface area contributed by atoms with Gasteiger partial charge < -0.3 is 10.6 Å². The van der Waals surface area contributed by atoms with Crippen molar-refractivity contribution in [2.24, 2.45) is 5.41 Å². The fourth-order valence-electron chi connectivity index (χ4n) is 2.62. The minimum absolute atomic E-state index is 0.0680. The Morgan fingerprint density at radius 3 is 2.74 bits per heavy atom. The third-order valence-corrected chi connectivity index (χ3v) is 4.91. The molecule has 1 aromatic heterocycles. The standard InChI is InChI=1S/C14H19N3OS/c1-9(18)12-11(16)10(7-15)13(19-12)17-6-4-5-14(2,3)8-17/h4-6,8,16H2,1-3H3. The maximum Gasteiger partial charge on any atom is 0.171 e. The van der Waals surface area contributed by atoms with Crippen LogP contribution in [0.2, 0.25) is 0 Å². The normalized spacial score (nSPS) is 18.1. The van der Waals surface area contributed by atoms with Crippen molar-refractivity contribution in [1.29, 1.82) is 5.26 Å². The van der Waals surface area contributed by atoms with Crippen molar-refractivity contribution >= 4 is 27.8 Å². The Hall–Kier alpha value is -1.54. The molecule has 1 aliphatic rings. The number of ketones is 1. The largest absolute Gasteiger partial charge is 0.396 e. The number of carbonyl (C=O) groups excluding carboxylic acids is 1. The topological polar surface area (TPSA) is 70.1 Å². The van der Waals surface area contributed by atoms with Crippen LogP contribution in [0.15, 0.2) is 0 Å². The van der Waals surface area contributed by atoms with Crippen LogP contribution in [0.25, 0.3) is 0 Å². The van der Waals surface area contributed by atoms with E-state index >= 15 is 0 Å². The SMILES string of the molecule is CC(=O)c1sc(N2CCCC(C)(C)C2)c(C#N)c1N. The molecule has 0 bridgehead atoms. The maximum atomic E-state index is 11.6. The van der Waals surface area contributed by atoms with E-state index in [4.69, 9.17) is 5.73 Å². The smallest absolute Gasteiger partial charge is 0.171 e. The van der Waals surface area contributed by atoms with Gasteiger partial charge in [-0.25, -0.2) is 0 Å². The fraction of sp³-hybridized carbons (Fsp3) is 0.571. The van der Waals surface area contributed by atoms with Gasteiger partial charge in [0, 0.05) is 20.0 Å². The number of hydrogen-bond donors (Lipinski definition) is 1. The molecule has 0 aliphatic carbocycles. The molecule has 0 saturated carbocycles. The number of carbonyl (C=O) groups is 1. The maximum absolute atomic E-state index is 11.6. The van der Waals surface area contributed by atoms with Gasteiger partial charge in [0.05, 0.1) is 10.6 Å². The molecule has 1 fully saturated rings. The number of rotatable bonds is 2. The van der Waals surface area contributed by atoms with Gasteiger partial charge in [-0.05, 0) is 18.3 Å². The molecule has 0 unspecified atom stereocenters. The molecule has 0 spiro atoms. The van der Waals surface area contributed by atoms with Gasteiger partial charge in [-0.2, -0.15) is 5.26 Å². The second-order valence-corrected chi connectivity index (χ2v) is 6.88. The van der Waals surface area contributed by atoms with E-state index in [2.05, 4.69) is 24.8 Å². The zero-order chi connectivity index (χ0) is 14.2. The summed E-state index contributed by atoms with van der Waals surface area (Å²) in [6, 6.07) is 2.16. The number of Topliss-reactive ketones (excluding diaryl/α,β-unsaturated/α-hetero) is 1. The van der Waals surface area contributed by atoms with Crippen molar-refractivity contribution in [1.82, 2.24) is 0 Å². The van der Waals surface area contributed by atoms with Gasteiger partial charge in [-0.15, -0.1) is 11.3 Å². The minimum Gasteiger partial charge on any atom is -0.396 e. The second kappa shape index (κ2) is 4.86. The van der Waals surface area contributed by atoms with Gasteiger partial charge >= 0.3 is 0 Å². The molecule has 2 rings (SSSR count). The van der Waals surface area contributed by atoms with E-state index in [1.807, 2.05) is 0 Å². The Kier molecular flexibility index (Phi) is 3.55. The summed E-state index contributed by atoms with van der Waals surface area (Å²) in [4.78, 5) is 14.3. The first kappa shape index (κ1) is 13.9. The highest BCUT2D eigenvalue weighted by Gasteiger charge is 2.30. The lowest BCUT2D eigenvalue weighted by Crippen LogP contribution is -2.40. The Morgan fingerprint density at radius 1 is 1.53 bits per heavy atom. The molecule has 5 heteroatoms. The molecular formula is C14H19N3OS. The van der Waals surface area contributed by atoms with Crippen LogP contribution >= 0.6 is 11.3 Å². The molecule has 0 aromatic carbocycles. The summed E-state index contributed by atoms with van der Waals surface area (Å²) in [7, 11) is 0. The van der Waals surface area contributed by atoms with Crippen LogP contribution in [0.5, 0.6) is 0 Å². The zero-order valence-corrected chi connectivity index (χ0v) is 12.4. The van der Waals surface area contributed by atoms with Crippen LogP contribution in [0.4, 0.5) is 10.7 Å². The summed E-state index contributed by atoms with van der Waals surface area (Å²) in [5.74, 6) is -0.0680. The summed E-state index contributed by atoms with van der Waals surface area (Å²) in [6.45, 7) is 7.78. The van der Waals surface area contributed by atoms with Crippen LogP contribution in [0.1, 0.15) is 48.8 Å². The molecule has 102 valence electrons. The van der Waals surface area contributed by atoms with Crippen molar-refractivity contribution in [3.05, 3.63) is 10.4 Å². The van der Waals surface area contributed by atoms with Crippen molar-refractivity contribution in [2.75, 3.05) is 23.7 Å². The highest BCUT2D eigenvalue weighted by molar-refractivity contribution is 7.19. The number of nitrogen functional groups attached to an aromatic ring is 1. The average molecular weight is 277 g/mol. The quantitative estimate of drug-likeness (QED) is 0.843. The third kappa shape index (κ3) is 2.59. The van der Waals surface area contributed by atoms with Gasteiger partial charge in [0.1, 0.15) is 16.6 Å². The number of nitrogens with zero attached hydrogens (tertiary/aromatic N) is 2. The van der Waals surface area contributed by atoms with E-state index in [-0.39, 0.29) is 11.2 Å². The Bertz CT molecular complexity index is 554.